The van der Waals surface area contributed by atoms with E-state index >= 15 is 0 Å². The number of thiocarbonyl (C=S) groups is 1. The van der Waals surface area contributed by atoms with Crippen LogP contribution in [0.25, 0.3) is 0 Å². The number of anilines is 1. The first-order valence-corrected chi connectivity index (χ1v) is 9.62. The average molecular weight is 344 g/mol. The van der Waals surface area contributed by atoms with Crippen LogP contribution in [0.4, 0.5) is 5.69 Å². The Morgan fingerprint density at radius 3 is 2.29 bits per heavy atom. The normalized spacial score (nSPS) is 35.6. The molecule has 0 unspecified atom stereocenters. The van der Waals surface area contributed by atoms with Gasteiger partial charge in [0.05, 0.1) is 0 Å². The fourth-order valence-electron chi connectivity index (χ4n) is 5.60. The van der Waals surface area contributed by atoms with Gasteiger partial charge in [0.2, 0.25) is 0 Å². The van der Waals surface area contributed by atoms with Gasteiger partial charge in [0, 0.05) is 17.8 Å². The van der Waals surface area contributed by atoms with Crippen LogP contribution in [0.3, 0.4) is 0 Å². The van der Waals surface area contributed by atoms with Crippen LogP contribution in [0.5, 0.6) is 11.5 Å². The van der Waals surface area contributed by atoms with E-state index < -0.39 is 0 Å². The van der Waals surface area contributed by atoms with Crippen LogP contribution in [0.1, 0.15) is 32.1 Å². The molecule has 1 heterocycles. The quantitative estimate of drug-likeness (QED) is 0.803. The molecule has 1 aliphatic heterocycles. The molecule has 4 nitrogen and oxygen atoms in total. The second-order valence-electron chi connectivity index (χ2n) is 7.91. The summed E-state index contributed by atoms with van der Waals surface area (Å²) in [5, 5.41) is 7.71. The lowest BCUT2D eigenvalue weighted by atomic mass is 9.54. The lowest BCUT2D eigenvalue weighted by Gasteiger charge is -2.54. The third-order valence-corrected chi connectivity index (χ3v) is 6.54. The van der Waals surface area contributed by atoms with Crippen LogP contribution in [-0.2, 0) is 0 Å². The molecule has 4 saturated carbocycles. The molecule has 24 heavy (non-hydrogen) atoms. The van der Waals surface area contributed by atoms with Gasteiger partial charge in [-0.25, -0.2) is 0 Å². The van der Waals surface area contributed by atoms with Crippen LogP contribution in [-0.4, -0.2) is 24.4 Å². The molecule has 128 valence electrons. The van der Waals surface area contributed by atoms with Gasteiger partial charge in [-0.3, -0.25) is 0 Å². The number of hydrogen-bond donors (Lipinski definition) is 2. The highest BCUT2D eigenvalue weighted by Crippen LogP contribution is 2.53. The SMILES string of the molecule is S=C(Nc1ccc2c(c1)OCCO2)NC1C2CC3CC(C2)CC1C3. The van der Waals surface area contributed by atoms with E-state index in [9.17, 15) is 0 Å². The zero-order valence-corrected chi connectivity index (χ0v) is 14.6. The number of hydrogen-bond acceptors (Lipinski definition) is 3. The molecular formula is C19H24N2O2S. The first-order chi connectivity index (χ1) is 11.7. The summed E-state index contributed by atoms with van der Waals surface area (Å²) in [7, 11) is 0. The van der Waals surface area contributed by atoms with Crippen molar-refractivity contribution in [2.75, 3.05) is 18.5 Å². The third-order valence-electron chi connectivity index (χ3n) is 6.32. The molecule has 4 fully saturated rings. The number of benzene rings is 1. The zero-order chi connectivity index (χ0) is 16.1. The Kier molecular flexibility index (Phi) is 3.58. The average Bonchev–Trinajstić information content (AvgIpc) is 2.57. The van der Waals surface area contributed by atoms with E-state index in [1.54, 1.807) is 0 Å². The number of fused-ring (bicyclic) bond motifs is 1. The van der Waals surface area contributed by atoms with Crippen molar-refractivity contribution in [3.05, 3.63) is 18.2 Å². The third kappa shape index (κ3) is 2.63. The van der Waals surface area contributed by atoms with Crippen molar-refractivity contribution in [2.24, 2.45) is 23.7 Å². The van der Waals surface area contributed by atoms with Gasteiger partial charge in [0.1, 0.15) is 13.2 Å². The zero-order valence-electron chi connectivity index (χ0n) is 13.8. The Balaban J connectivity index is 1.25. The summed E-state index contributed by atoms with van der Waals surface area (Å²) in [5.74, 6) is 5.23. The highest BCUT2D eigenvalue weighted by Gasteiger charge is 2.48. The lowest BCUT2D eigenvalue weighted by molar-refractivity contribution is -0.00665. The summed E-state index contributed by atoms with van der Waals surface area (Å²) >= 11 is 5.60. The molecule has 0 spiro atoms. The number of ether oxygens (including phenoxy) is 2. The molecular weight excluding hydrogens is 320 g/mol. The first-order valence-electron chi connectivity index (χ1n) is 9.22. The van der Waals surface area contributed by atoms with Crippen LogP contribution in [0, 0.1) is 23.7 Å². The Bertz CT molecular complexity index is 635. The summed E-state index contributed by atoms with van der Waals surface area (Å²) in [6.45, 7) is 1.22. The Hall–Kier alpha value is -1.49. The molecule has 0 amide bonds. The van der Waals surface area contributed by atoms with Crippen molar-refractivity contribution in [2.45, 2.75) is 38.1 Å². The van der Waals surface area contributed by atoms with Crippen molar-refractivity contribution in [3.8, 4) is 11.5 Å². The van der Waals surface area contributed by atoms with Crippen molar-refractivity contribution >= 4 is 23.0 Å². The minimum absolute atomic E-state index is 0.565. The second-order valence-corrected chi connectivity index (χ2v) is 8.32. The molecule has 1 aromatic carbocycles. The van der Waals surface area contributed by atoms with E-state index in [1.807, 2.05) is 18.2 Å². The molecule has 5 heteroatoms. The van der Waals surface area contributed by atoms with Gasteiger partial charge < -0.3 is 20.1 Å². The van der Waals surface area contributed by atoms with Gasteiger partial charge in [-0.2, -0.15) is 0 Å². The Labute approximate surface area is 148 Å². The summed E-state index contributed by atoms with van der Waals surface area (Å²) in [4.78, 5) is 0. The highest BCUT2D eigenvalue weighted by atomic mass is 32.1. The van der Waals surface area contributed by atoms with Crippen LogP contribution >= 0.6 is 12.2 Å². The second kappa shape index (κ2) is 5.80. The Morgan fingerprint density at radius 2 is 1.58 bits per heavy atom. The first kappa shape index (κ1) is 14.8. The molecule has 4 aliphatic carbocycles. The van der Waals surface area contributed by atoms with E-state index in [-0.39, 0.29) is 0 Å². The van der Waals surface area contributed by atoms with Gasteiger partial charge in [-0.1, -0.05) is 0 Å². The summed E-state index contributed by atoms with van der Waals surface area (Å²) in [5.41, 5.74) is 0.959. The molecule has 1 aromatic rings. The molecule has 5 aliphatic rings. The number of rotatable bonds is 2. The van der Waals surface area contributed by atoms with Gasteiger partial charge in [-0.15, -0.1) is 0 Å². The summed E-state index contributed by atoms with van der Waals surface area (Å²) in [6, 6.07) is 6.48. The van der Waals surface area contributed by atoms with Gasteiger partial charge in [0.15, 0.2) is 16.6 Å². The minimum Gasteiger partial charge on any atom is -0.486 e. The molecule has 0 radical (unpaired) electrons. The fraction of sp³-hybridized carbons (Fsp3) is 0.632. The van der Waals surface area contributed by atoms with E-state index in [1.165, 1.54) is 32.1 Å². The molecule has 2 N–H and O–H groups in total. The van der Waals surface area contributed by atoms with E-state index in [0.717, 1.165) is 46.0 Å². The standard InChI is InChI=1S/C19H24N2O2S/c24-19(20-15-1-2-16-17(10-15)23-4-3-22-16)21-18-13-6-11-5-12(8-13)9-14(18)7-11/h1-2,10-14,18H,3-9H2,(H2,20,21,24). The lowest BCUT2D eigenvalue weighted by Crippen LogP contribution is -2.56. The highest BCUT2D eigenvalue weighted by molar-refractivity contribution is 7.80. The van der Waals surface area contributed by atoms with Crippen molar-refractivity contribution in [1.82, 2.24) is 5.32 Å². The topological polar surface area (TPSA) is 42.5 Å². The van der Waals surface area contributed by atoms with Gasteiger partial charge >= 0.3 is 0 Å². The minimum atomic E-state index is 0.565. The molecule has 0 atom stereocenters. The van der Waals surface area contributed by atoms with E-state index in [4.69, 9.17) is 21.7 Å². The van der Waals surface area contributed by atoms with Crippen molar-refractivity contribution < 1.29 is 9.47 Å². The van der Waals surface area contributed by atoms with Gasteiger partial charge in [-0.05, 0) is 80.1 Å². The maximum atomic E-state index is 5.64. The molecule has 0 saturated heterocycles. The van der Waals surface area contributed by atoms with E-state index in [0.29, 0.717) is 19.3 Å². The Morgan fingerprint density at radius 1 is 0.917 bits per heavy atom. The predicted molar refractivity (Wildman–Crippen MR) is 97.6 cm³/mol. The molecule has 4 bridgehead atoms. The largest absolute Gasteiger partial charge is 0.486 e. The summed E-state index contributed by atoms with van der Waals surface area (Å²) in [6.07, 6.45) is 7.09. The smallest absolute Gasteiger partial charge is 0.171 e. The van der Waals surface area contributed by atoms with Crippen LogP contribution in [0.2, 0.25) is 0 Å². The van der Waals surface area contributed by atoms with Crippen LogP contribution < -0.4 is 20.1 Å². The maximum Gasteiger partial charge on any atom is 0.171 e. The summed E-state index contributed by atoms with van der Waals surface area (Å²) < 4.78 is 11.2. The number of nitrogens with one attached hydrogen (secondary N) is 2. The van der Waals surface area contributed by atoms with Crippen molar-refractivity contribution in [3.63, 3.8) is 0 Å². The monoisotopic (exact) mass is 344 g/mol. The maximum absolute atomic E-state index is 5.64. The van der Waals surface area contributed by atoms with Crippen LogP contribution in [0.15, 0.2) is 18.2 Å². The van der Waals surface area contributed by atoms with Gasteiger partial charge in [0.25, 0.3) is 0 Å². The van der Waals surface area contributed by atoms with Crippen molar-refractivity contribution in [1.29, 1.82) is 0 Å². The fourth-order valence-corrected chi connectivity index (χ4v) is 5.85. The molecule has 6 rings (SSSR count). The molecule has 0 aromatic heterocycles. The van der Waals surface area contributed by atoms with E-state index in [2.05, 4.69) is 10.6 Å². The predicted octanol–water partition coefficient (Wildman–Crippen LogP) is 3.57.